The van der Waals surface area contributed by atoms with Gasteiger partial charge < -0.3 is 34.6 Å². The normalized spacial score (nSPS) is 23.4. The number of benzene rings is 2. The SMILES string of the molecule is Cn1nccc1C(=O)N[C@H](C(=O)Nc1cc2c(cc1F)C(N1C[C@@H](C(F)(F)F)OC(CCl)C1=O)CC1(CCN(C(=O)OCc3ccccc3)CC1)O2)C(C1CC1)C1CC1. The summed E-state index contributed by atoms with van der Waals surface area (Å²) >= 11 is 5.96. The largest absolute Gasteiger partial charge is 0.487 e. The van der Waals surface area contributed by atoms with Crippen molar-refractivity contribution >= 4 is 41.1 Å². The Bertz CT molecular complexity index is 2060. The highest BCUT2D eigenvalue weighted by molar-refractivity contribution is 6.19. The number of piperidine rings is 1. The maximum atomic E-state index is 16.3. The van der Waals surface area contributed by atoms with Gasteiger partial charge in [-0.3, -0.25) is 19.1 Å². The zero-order valence-corrected chi connectivity index (χ0v) is 33.0. The van der Waals surface area contributed by atoms with Crippen LogP contribution < -0.4 is 15.4 Å². The molecule has 5 aliphatic rings. The molecule has 1 spiro atoms. The molecule has 2 saturated heterocycles. The number of nitrogens with one attached hydrogen (secondary N) is 2. The van der Waals surface area contributed by atoms with E-state index in [2.05, 4.69) is 15.7 Å². The Balaban J connectivity index is 1.08. The molecular weight excluding hydrogens is 800 g/mol. The molecular formula is C41H45ClF4N6O7. The van der Waals surface area contributed by atoms with Crippen LogP contribution in [0.1, 0.15) is 72.6 Å². The third kappa shape index (κ3) is 8.72. The minimum absolute atomic E-state index is 0.0179. The topological polar surface area (TPSA) is 144 Å². The summed E-state index contributed by atoms with van der Waals surface area (Å²) in [7, 11) is 1.61. The quantitative estimate of drug-likeness (QED) is 0.174. The van der Waals surface area contributed by atoms with E-state index in [1.807, 2.05) is 30.3 Å². The standard InChI is InChI=1S/C41H45ClF4N6O7/c1-50-29(11-14-47-50)36(53)49-35(34(24-7-8-24)25-9-10-25)37(54)48-28-18-31-26(17-27(28)43)30(52-21-33(41(44,45)46)58-32(20-42)38(52)55)19-40(59-31)12-15-51(16-13-40)39(56)57-22-23-5-3-2-4-6-23/h2-6,11,14,17-18,24-25,30,32-35H,7-10,12-13,15-16,19-22H2,1H3,(H,48,54)(H,49,53)/t30?,32?,33-,35-/m0/s1. The Labute approximate surface area is 342 Å². The van der Waals surface area contributed by atoms with Gasteiger partial charge in [0.1, 0.15) is 35.5 Å². The van der Waals surface area contributed by atoms with E-state index in [1.165, 1.54) is 27.9 Å². The molecule has 8 rings (SSSR count). The summed E-state index contributed by atoms with van der Waals surface area (Å²) < 4.78 is 77.6. The summed E-state index contributed by atoms with van der Waals surface area (Å²) in [5.74, 6) is -3.06. The van der Waals surface area contributed by atoms with E-state index in [1.54, 1.807) is 7.05 Å². The molecule has 3 aromatic rings. The Morgan fingerprint density at radius 3 is 2.36 bits per heavy atom. The summed E-state index contributed by atoms with van der Waals surface area (Å²) in [6, 6.07) is 10.9. The Morgan fingerprint density at radius 2 is 1.75 bits per heavy atom. The zero-order chi connectivity index (χ0) is 41.6. The van der Waals surface area contributed by atoms with Gasteiger partial charge in [0.05, 0.1) is 24.2 Å². The molecule has 4 fully saturated rings. The van der Waals surface area contributed by atoms with Crippen LogP contribution >= 0.6 is 11.6 Å². The first kappa shape index (κ1) is 40.9. The van der Waals surface area contributed by atoms with E-state index in [9.17, 15) is 32.3 Å². The van der Waals surface area contributed by atoms with Crippen molar-refractivity contribution in [2.45, 2.75) is 87.6 Å². The van der Waals surface area contributed by atoms with Gasteiger partial charge in [-0.05, 0) is 61.1 Å². The molecule has 59 heavy (non-hydrogen) atoms. The van der Waals surface area contributed by atoms with E-state index in [0.717, 1.165) is 42.2 Å². The Hall–Kier alpha value is -4.90. The number of halogens is 5. The average Bonchev–Trinajstić information content (AvgIpc) is 4.17. The second kappa shape index (κ2) is 16.3. The number of alkyl halides is 4. The average molecular weight is 845 g/mol. The highest BCUT2D eigenvalue weighted by Crippen LogP contribution is 2.52. The van der Waals surface area contributed by atoms with Gasteiger partial charge >= 0.3 is 12.3 Å². The molecule has 316 valence electrons. The molecule has 2 N–H and O–H groups in total. The second-order valence-corrected chi connectivity index (χ2v) is 16.5. The molecule has 2 aliphatic carbocycles. The van der Waals surface area contributed by atoms with Crippen molar-refractivity contribution in [1.82, 2.24) is 24.9 Å². The molecule has 0 bridgehead atoms. The van der Waals surface area contributed by atoms with E-state index in [0.29, 0.717) is 0 Å². The van der Waals surface area contributed by atoms with Crippen LogP contribution in [0.15, 0.2) is 54.7 Å². The van der Waals surface area contributed by atoms with Crippen LogP contribution in [0.3, 0.4) is 0 Å². The van der Waals surface area contributed by atoms with Gasteiger partial charge in [-0.1, -0.05) is 30.3 Å². The van der Waals surface area contributed by atoms with E-state index < -0.39 is 78.1 Å². The molecule has 1 aromatic heterocycles. The van der Waals surface area contributed by atoms with Gasteiger partial charge in [0, 0.05) is 57.2 Å². The Morgan fingerprint density at radius 1 is 1.05 bits per heavy atom. The number of amides is 4. The fourth-order valence-electron chi connectivity index (χ4n) is 8.81. The molecule has 4 amide bonds. The van der Waals surface area contributed by atoms with Crippen molar-refractivity contribution in [3.63, 3.8) is 0 Å². The molecule has 4 atom stereocenters. The third-order valence-corrected chi connectivity index (χ3v) is 12.5. The van der Waals surface area contributed by atoms with Crippen LogP contribution in [0.4, 0.5) is 28.0 Å². The number of carbonyl (C=O) groups excluding carboxylic acids is 4. The number of ether oxygens (including phenoxy) is 3. The number of nitrogens with zero attached hydrogens (tertiary/aromatic N) is 4. The molecule has 0 radical (unpaired) electrons. The zero-order valence-electron chi connectivity index (χ0n) is 32.3. The van der Waals surface area contributed by atoms with Gasteiger partial charge in [-0.2, -0.15) is 18.3 Å². The first-order valence-corrected chi connectivity index (χ1v) is 20.4. The van der Waals surface area contributed by atoms with Gasteiger partial charge in [0.2, 0.25) is 5.91 Å². The molecule has 2 saturated carbocycles. The summed E-state index contributed by atoms with van der Waals surface area (Å²) in [6.07, 6.45) is -3.87. The van der Waals surface area contributed by atoms with Crippen LogP contribution in [-0.2, 0) is 32.7 Å². The van der Waals surface area contributed by atoms with Gasteiger partial charge in [-0.25, -0.2) is 9.18 Å². The number of aryl methyl sites for hydroxylation is 1. The van der Waals surface area contributed by atoms with Crippen LogP contribution in [0, 0.1) is 23.6 Å². The van der Waals surface area contributed by atoms with Crippen molar-refractivity contribution in [2.75, 3.05) is 30.8 Å². The number of morpholine rings is 1. The second-order valence-electron chi connectivity index (χ2n) is 16.2. The smallest absolute Gasteiger partial charge is 0.416 e. The number of fused-ring (bicyclic) bond motifs is 1. The first-order valence-electron chi connectivity index (χ1n) is 19.9. The monoisotopic (exact) mass is 844 g/mol. The predicted molar refractivity (Wildman–Crippen MR) is 204 cm³/mol. The van der Waals surface area contributed by atoms with Crippen LogP contribution in [0.2, 0.25) is 0 Å². The number of likely N-dealkylation sites (tertiary alicyclic amines) is 1. The van der Waals surface area contributed by atoms with Crippen molar-refractivity contribution in [1.29, 1.82) is 0 Å². The lowest BCUT2D eigenvalue weighted by molar-refractivity contribution is -0.250. The summed E-state index contributed by atoms with van der Waals surface area (Å²) in [5.41, 5.74) is -0.222. The molecule has 4 heterocycles. The maximum absolute atomic E-state index is 16.3. The fraction of sp³-hybridized carbons (Fsp3) is 0.537. The highest BCUT2D eigenvalue weighted by Gasteiger charge is 2.54. The van der Waals surface area contributed by atoms with Crippen LogP contribution in [-0.4, -0.2) is 98.9 Å². The van der Waals surface area contributed by atoms with Crippen molar-refractivity contribution in [3.8, 4) is 5.75 Å². The summed E-state index contributed by atoms with van der Waals surface area (Å²) in [5, 5.41) is 9.65. The minimum atomic E-state index is -4.83. The third-order valence-electron chi connectivity index (χ3n) is 12.2. The maximum Gasteiger partial charge on any atom is 0.416 e. The number of aromatic nitrogens is 2. The van der Waals surface area contributed by atoms with E-state index in [-0.39, 0.29) is 79.4 Å². The first-order chi connectivity index (χ1) is 28.2. The molecule has 18 heteroatoms. The Kier molecular flexibility index (Phi) is 11.3. The van der Waals surface area contributed by atoms with Gasteiger partial charge in [0.25, 0.3) is 11.8 Å². The summed E-state index contributed by atoms with van der Waals surface area (Å²) in [6.45, 7) is -0.482. The summed E-state index contributed by atoms with van der Waals surface area (Å²) in [4.78, 5) is 57.0. The number of carbonyl (C=O) groups is 4. The number of anilines is 1. The highest BCUT2D eigenvalue weighted by atomic mass is 35.5. The van der Waals surface area contributed by atoms with Crippen LogP contribution in [0.25, 0.3) is 0 Å². The van der Waals surface area contributed by atoms with Crippen molar-refractivity contribution in [3.05, 3.63) is 77.4 Å². The molecule has 3 aliphatic heterocycles. The van der Waals surface area contributed by atoms with Crippen molar-refractivity contribution < 1.29 is 51.0 Å². The number of rotatable bonds is 11. The molecule has 2 unspecified atom stereocenters. The lowest BCUT2D eigenvalue weighted by Crippen LogP contribution is -2.60. The van der Waals surface area contributed by atoms with Gasteiger partial charge in [0.15, 0.2) is 12.2 Å². The minimum Gasteiger partial charge on any atom is -0.487 e. The van der Waals surface area contributed by atoms with Crippen LogP contribution in [0.5, 0.6) is 5.75 Å². The van der Waals surface area contributed by atoms with E-state index in [4.69, 9.17) is 25.8 Å². The molecule has 2 aromatic carbocycles. The van der Waals surface area contributed by atoms with E-state index >= 15 is 4.39 Å². The lowest BCUT2D eigenvalue weighted by Gasteiger charge is -2.50. The van der Waals surface area contributed by atoms with Crippen molar-refractivity contribution in [2.24, 2.45) is 24.8 Å². The number of hydrogen-bond donors (Lipinski definition) is 2. The number of hydrogen-bond acceptors (Lipinski definition) is 8. The lowest BCUT2D eigenvalue weighted by atomic mass is 9.79. The van der Waals surface area contributed by atoms with Gasteiger partial charge in [-0.15, -0.1) is 11.6 Å². The predicted octanol–water partition coefficient (Wildman–Crippen LogP) is 6.12. The molecule has 13 nitrogen and oxygen atoms in total. The fourth-order valence-corrected chi connectivity index (χ4v) is 9.01.